The predicted octanol–water partition coefficient (Wildman–Crippen LogP) is 4.02. The van der Waals surface area contributed by atoms with Crippen molar-refractivity contribution in [3.05, 3.63) is 41.0 Å². The number of hydrogen-bond donors (Lipinski definition) is 0. The second-order valence-corrected chi connectivity index (χ2v) is 7.78. The number of carbonyl (C=O) groups excluding carboxylic acids is 2. The van der Waals surface area contributed by atoms with Gasteiger partial charge in [0, 0.05) is 22.6 Å². The Morgan fingerprint density at radius 3 is 2.48 bits per heavy atom. The third-order valence-corrected chi connectivity index (χ3v) is 5.85. The van der Waals surface area contributed by atoms with Gasteiger partial charge in [0.2, 0.25) is 11.6 Å². The molecule has 3 aliphatic rings. The number of ether oxygens (including phenoxy) is 1. The zero-order valence-electron chi connectivity index (χ0n) is 13.9. The van der Waals surface area contributed by atoms with Gasteiger partial charge in [-0.05, 0) is 38.5 Å². The van der Waals surface area contributed by atoms with Crippen molar-refractivity contribution in [1.82, 2.24) is 0 Å². The van der Waals surface area contributed by atoms with Gasteiger partial charge in [0.25, 0.3) is 0 Å². The molecule has 1 saturated carbocycles. The Morgan fingerprint density at radius 1 is 1.04 bits per heavy atom. The summed E-state index contributed by atoms with van der Waals surface area (Å²) in [4.78, 5) is 25.4. The summed E-state index contributed by atoms with van der Waals surface area (Å²) >= 11 is 0. The molecule has 1 heterocycles. The number of carbonyl (C=O) groups is 2. The number of fused-ring (bicyclic) bond motifs is 4. The minimum absolute atomic E-state index is 0.141. The van der Waals surface area contributed by atoms with Crippen molar-refractivity contribution >= 4 is 17.3 Å². The summed E-state index contributed by atoms with van der Waals surface area (Å²) in [7, 11) is 0. The normalized spacial score (nSPS) is 31.9. The van der Waals surface area contributed by atoms with Crippen molar-refractivity contribution in [2.75, 3.05) is 0 Å². The van der Waals surface area contributed by atoms with Gasteiger partial charge in [0.15, 0.2) is 0 Å². The zero-order valence-corrected chi connectivity index (χ0v) is 13.9. The van der Waals surface area contributed by atoms with Crippen LogP contribution in [-0.2, 0) is 9.53 Å². The Bertz CT molecular complexity index is 741. The van der Waals surface area contributed by atoms with Crippen LogP contribution in [0, 0.1) is 17.8 Å². The molecule has 0 N–H and O–H groups in total. The summed E-state index contributed by atoms with van der Waals surface area (Å²) < 4.78 is 6.33. The maximum absolute atomic E-state index is 12.8. The van der Waals surface area contributed by atoms with Crippen molar-refractivity contribution in [2.45, 2.75) is 45.6 Å². The van der Waals surface area contributed by atoms with Gasteiger partial charge in [-0.3, -0.25) is 9.59 Å². The lowest BCUT2D eigenvalue weighted by atomic mass is 9.62. The van der Waals surface area contributed by atoms with Crippen LogP contribution in [0.25, 0.3) is 5.76 Å². The quantitative estimate of drug-likeness (QED) is 0.680. The molecule has 0 aromatic heterocycles. The molecule has 0 saturated heterocycles. The van der Waals surface area contributed by atoms with Crippen LogP contribution in [0.2, 0.25) is 0 Å². The molecular weight excluding hydrogens is 288 g/mol. The fraction of sp³-hybridized carbons (Fsp3) is 0.500. The number of hydrogen-bond acceptors (Lipinski definition) is 3. The zero-order chi connectivity index (χ0) is 16.4. The van der Waals surface area contributed by atoms with E-state index in [2.05, 4.69) is 20.8 Å². The monoisotopic (exact) mass is 310 g/mol. The first kappa shape index (κ1) is 14.7. The highest BCUT2D eigenvalue weighted by molar-refractivity contribution is 6.52. The topological polar surface area (TPSA) is 43.4 Å². The van der Waals surface area contributed by atoms with Crippen molar-refractivity contribution in [3.8, 4) is 0 Å². The summed E-state index contributed by atoms with van der Waals surface area (Å²) in [5, 5.41) is 0. The van der Waals surface area contributed by atoms with Crippen LogP contribution in [0.4, 0.5) is 0 Å². The first-order valence-corrected chi connectivity index (χ1v) is 8.51. The van der Waals surface area contributed by atoms with E-state index < -0.39 is 0 Å². The average Bonchev–Trinajstić information content (AvgIpc) is 2.51. The molecule has 120 valence electrons. The van der Waals surface area contributed by atoms with Crippen LogP contribution < -0.4 is 0 Å². The maximum atomic E-state index is 12.8. The number of benzene rings is 1. The third kappa shape index (κ3) is 2.02. The highest BCUT2D eigenvalue weighted by Crippen LogP contribution is 2.53. The second-order valence-electron chi connectivity index (χ2n) is 7.78. The molecule has 3 heteroatoms. The Kier molecular flexibility index (Phi) is 3.06. The highest BCUT2D eigenvalue weighted by atomic mass is 16.5. The first-order chi connectivity index (χ1) is 10.9. The van der Waals surface area contributed by atoms with E-state index in [-0.39, 0.29) is 23.1 Å². The average molecular weight is 310 g/mol. The van der Waals surface area contributed by atoms with E-state index in [9.17, 15) is 9.59 Å². The Hall–Kier alpha value is -1.90. The van der Waals surface area contributed by atoms with E-state index in [0.29, 0.717) is 28.7 Å². The molecule has 0 radical (unpaired) electrons. The largest absolute Gasteiger partial charge is 0.486 e. The molecule has 2 aliphatic carbocycles. The second kappa shape index (κ2) is 4.80. The van der Waals surface area contributed by atoms with E-state index in [4.69, 9.17) is 4.74 Å². The van der Waals surface area contributed by atoms with Crippen molar-refractivity contribution < 1.29 is 14.3 Å². The molecule has 4 rings (SSSR count). The summed E-state index contributed by atoms with van der Waals surface area (Å²) in [6, 6.07) is 7.33. The Morgan fingerprint density at radius 2 is 1.74 bits per heavy atom. The van der Waals surface area contributed by atoms with Crippen LogP contribution in [0.3, 0.4) is 0 Å². The van der Waals surface area contributed by atoms with Crippen LogP contribution >= 0.6 is 0 Å². The standard InChI is InChI=1S/C20H22O3/c1-11-8-9-15-14(10-11)16-18(22)17(21)12-6-4-5-7-13(12)19(16)23-20(15,2)3/h4-7,11,14-15H,8-10H2,1-3H3/t11-,14?,15?/m1/s1. The Balaban J connectivity index is 1.94. The predicted molar refractivity (Wildman–Crippen MR) is 87.9 cm³/mol. The van der Waals surface area contributed by atoms with Crippen molar-refractivity contribution in [2.24, 2.45) is 17.8 Å². The van der Waals surface area contributed by atoms with Crippen LogP contribution in [0.5, 0.6) is 0 Å². The molecule has 0 spiro atoms. The van der Waals surface area contributed by atoms with Gasteiger partial charge in [0.05, 0.1) is 0 Å². The molecule has 1 aromatic carbocycles. The van der Waals surface area contributed by atoms with Crippen LogP contribution in [0.15, 0.2) is 29.8 Å². The fourth-order valence-corrected chi connectivity index (χ4v) is 4.69. The fourth-order valence-electron chi connectivity index (χ4n) is 4.69. The smallest absolute Gasteiger partial charge is 0.234 e. The van der Waals surface area contributed by atoms with Gasteiger partial charge in [-0.1, -0.05) is 37.6 Å². The highest BCUT2D eigenvalue weighted by Gasteiger charge is 2.51. The van der Waals surface area contributed by atoms with E-state index in [1.165, 1.54) is 0 Å². The summed E-state index contributed by atoms with van der Waals surface area (Å²) in [6.07, 6.45) is 3.19. The molecule has 3 atom stereocenters. The Labute approximate surface area is 136 Å². The van der Waals surface area contributed by atoms with Gasteiger partial charge in [-0.15, -0.1) is 0 Å². The van der Waals surface area contributed by atoms with Gasteiger partial charge >= 0.3 is 0 Å². The van der Waals surface area contributed by atoms with E-state index in [1.54, 1.807) is 12.1 Å². The molecule has 0 bridgehead atoms. The van der Waals surface area contributed by atoms with E-state index >= 15 is 0 Å². The SMILES string of the molecule is C[C@@H]1CCC2C(C1)C1=C(OC2(C)C)c2ccccc2C(=O)C1=O. The lowest BCUT2D eigenvalue weighted by molar-refractivity contribution is -0.115. The molecular formula is C20H22O3. The first-order valence-electron chi connectivity index (χ1n) is 8.51. The van der Waals surface area contributed by atoms with Crippen molar-refractivity contribution in [1.29, 1.82) is 0 Å². The van der Waals surface area contributed by atoms with Crippen LogP contribution in [0.1, 0.15) is 56.0 Å². The molecule has 3 nitrogen and oxygen atoms in total. The molecule has 1 aromatic rings. The van der Waals surface area contributed by atoms with Gasteiger partial charge < -0.3 is 4.74 Å². The lowest BCUT2D eigenvalue weighted by Gasteiger charge is -2.50. The van der Waals surface area contributed by atoms with E-state index in [0.717, 1.165) is 24.8 Å². The van der Waals surface area contributed by atoms with E-state index in [1.807, 2.05) is 12.1 Å². The number of allylic oxidation sites excluding steroid dienone is 1. The van der Waals surface area contributed by atoms with Gasteiger partial charge in [-0.25, -0.2) is 0 Å². The number of Topliss-reactive ketones (excluding diaryl/α,β-unsaturated/α-hetero) is 2. The molecule has 0 amide bonds. The van der Waals surface area contributed by atoms with Gasteiger partial charge in [-0.2, -0.15) is 0 Å². The number of rotatable bonds is 0. The van der Waals surface area contributed by atoms with Gasteiger partial charge in [0.1, 0.15) is 11.4 Å². The minimum Gasteiger partial charge on any atom is -0.486 e. The third-order valence-electron chi connectivity index (χ3n) is 5.85. The summed E-state index contributed by atoms with van der Waals surface area (Å²) in [5.74, 6) is 0.962. The molecule has 2 unspecified atom stereocenters. The summed E-state index contributed by atoms with van der Waals surface area (Å²) in [6.45, 7) is 6.48. The molecule has 1 aliphatic heterocycles. The number of ketones is 2. The van der Waals surface area contributed by atoms with Crippen molar-refractivity contribution in [3.63, 3.8) is 0 Å². The minimum atomic E-state index is -0.375. The summed E-state index contributed by atoms with van der Waals surface area (Å²) in [5.41, 5.74) is 1.60. The molecule has 23 heavy (non-hydrogen) atoms. The molecule has 1 fully saturated rings. The van der Waals surface area contributed by atoms with Crippen LogP contribution in [-0.4, -0.2) is 17.2 Å². The maximum Gasteiger partial charge on any atom is 0.234 e. The lowest BCUT2D eigenvalue weighted by Crippen LogP contribution is -2.49.